The highest BCUT2D eigenvalue weighted by atomic mass is 32.1. The lowest BCUT2D eigenvalue weighted by molar-refractivity contribution is -0.651. The molecule has 1 aromatic heterocycles. The lowest BCUT2D eigenvalue weighted by Gasteiger charge is -1.74. The molecule has 0 aromatic carbocycles. The van der Waals surface area contributed by atoms with Crippen molar-refractivity contribution in [1.29, 1.82) is 0 Å². The van der Waals surface area contributed by atoms with Gasteiger partial charge in [0.2, 0.25) is 0 Å². The van der Waals surface area contributed by atoms with Crippen LogP contribution >= 0.6 is 11.5 Å². The van der Waals surface area contributed by atoms with Crippen LogP contribution in [0.1, 0.15) is 11.8 Å². The quantitative estimate of drug-likeness (QED) is 0.420. The first-order valence-electron chi connectivity index (χ1n) is 2.94. The third-order valence-corrected chi connectivity index (χ3v) is 2.35. The van der Waals surface area contributed by atoms with Gasteiger partial charge in [-0.2, -0.15) is 0 Å². The van der Waals surface area contributed by atoms with Crippen LogP contribution < -0.4 is 3.96 Å². The number of rotatable bonds is 1. The molecule has 0 radical (unpaired) electrons. The molecule has 1 fully saturated rings. The number of ether oxygens (including phenoxy) is 1. The molecule has 1 saturated heterocycles. The van der Waals surface area contributed by atoms with E-state index in [-0.39, 0.29) is 0 Å². The summed E-state index contributed by atoms with van der Waals surface area (Å²) >= 11 is 1.71. The Morgan fingerprint density at radius 2 is 2.67 bits per heavy atom. The van der Waals surface area contributed by atoms with Gasteiger partial charge >= 0.3 is 0 Å². The first-order chi connectivity index (χ1) is 4.36. The average Bonchev–Trinajstić information content (AvgIpc) is 2.58. The van der Waals surface area contributed by atoms with E-state index >= 15 is 0 Å². The Morgan fingerprint density at radius 1 is 1.89 bits per heavy atom. The summed E-state index contributed by atoms with van der Waals surface area (Å²) in [6.45, 7) is 2.99. The van der Waals surface area contributed by atoms with E-state index in [1.807, 2.05) is 0 Å². The second kappa shape index (κ2) is 1.78. The van der Waals surface area contributed by atoms with Gasteiger partial charge in [-0.15, -0.1) is 3.96 Å². The Hall–Kier alpha value is -0.410. The van der Waals surface area contributed by atoms with Crippen LogP contribution in [0.25, 0.3) is 0 Å². The number of epoxide rings is 1. The molecule has 1 aromatic rings. The van der Waals surface area contributed by atoms with Crippen molar-refractivity contribution in [3.63, 3.8) is 0 Å². The highest BCUT2D eigenvalue weighted by Gasteiger charge is 2.34. The van der Waals surface area contributed by atoms with E-state index in [0.29, 0.717) is 6.23 Å². The molecule has 0 N–H and O–H groups in total. The maximum absolute atomic E-state index is 5.08. The molecule has 2 heterocycles. The van der Waals surface area contributed by atoms with Crippen LogP contribution in [0.15, 0.2) is 11.6 Å². The van der Waals surface area contributed by atoms with Crippen LogP contribution in [0.3, 0.4) is 0 Å². The maximum atomic E-state index is 5.08. The molecule has 2 nitrogen and oxygen atoms in total. The van der Waals surface area contributed by atoms with Gasteiger partial charge in [0.15, 0.2) is 6.20 Å². The SMILES string of the molecule is Cc1cs[n+](C2CO2)c1. The Kier molecular flexibility index (Phi) is 1.07. The van der Waals surface area contributed by atoms with Gasteiger partial charge < -0.3 is 4.74 Å². The molecular formula is C6H8NOS+. The molecule has 1 aliphatic heterocycles. The fraction of sp³-hybridized carbons (Fsp3) is 0.500. The van der Waals surface area contributed by atoms with Gasteiger partial charge in [0, 0.05) is 5.56 Å². The third kappa shape index (κ3) is 0.976. The van der Waals surface area contributed by atoms with E-state index < -0.39 is 0 Å². The van der Waals surface area contributed by atoms with E-state index in [2.05, 4.69) is 22.5 Å². The molecule has 2 rings (SSSR count). The van der Waals surface area contributed by atoms with Gasteiger partial charge in [0.05, 0.1) is 5.38 Å². The molecule has 1 aliphatic rings. The van der Waals surface area contributed by atoms with Gasteiger partial charge in [-0.1, -0.05) is 0 Å². The predicted molar refractivity (Wildman–Crippen MR) is 34.2 cm³/mol. The minimum Gasteiger partial charge on any atom is -0.308 e. The minimum absolute atomic E-state index is 0.365. The molecule has 9 heavy (non-hydrogen) atoms. The standard InChI is InChI=1S/C6H8NOS/c1-5-2-7(9-4-5)6-3-8-6/h2,4,6H,3H2,1H3/q+1. The molecule has 1 atom stereocenters. The first kappa shape index (κ1) is 5.38. The van der Waals surface area contributed by atoms with E-state index in [0.717, 1.165) is 6.61 Å². The van der Waals surface area contributed by atoms with Crippen molar-refractivity contribution in [2.24, 2.45) is 0 Å². The first-order valence-corrected chi connectivity index (χ1v) is 3.78. The summed E-state index contributed by atoms with van der Waals surface area (Å²) in [5, 5.41) is 2.13. The van der Waals surface area contributed by atoms with Crippen LogP contribution in [0.2, 0.25) is 0 Å². The van der Waals surface area contributed by atoms with Crippen molar-refractivity contribution < 1.29 is 8.69 Å². The molecule has 0 aliphatic carbocycles. The Balaban J connectivity index is 2.28. The predicted octanol–water partition coefficient (Wildman–Crippen LogP) is 0.873. The van der Waals surface area contributed by atoms with Crippen molar-refractivity contribution in [1.82, 2.24) is 0 Å². The fourth-order valence-electron chi connectivity index (χ4n) is 0.747. The minimum atomic E-state index is 0.365. The molecule has 0 bridgehead atoms. The topological polar surface area (TPSA) is 16.4 Å². The second-order valence-electron chi connectivity index (χ2n) is 2.24. The van der Waals surface area contributed by atoms with Crippen molar-refractivity contribution >= 4 is 11.5 Å². The zero-order chi connectivity index (χ0) is 6.27. The largest absolute Gasteiger partial charge is 0.308 e. The van der Waals surface area contributed by atoms with Gasteiger partial charge in [-0.05, 0) is 6.92 Å². The summed E-state index contributed by atoms with van der Waals surface area (Å²) in [7, 11) is 0. The lowest BCUT2D eigenvalue weighted by Crippen LogP contribution is -2.25. The second-order valence-corrected chi connectivity index (χ2v) is 3.11. The molecule has 0 saturated carbocycles. The van der Waals surface area contributed by atoms with E-state index in [9.17, 15) is 0 Å². The van der Waals surface area contributed by atoms with Gasteiger partial charge in [0.25, 0.3) is 6.23 Å². The van der Waals surface area contributed by atoms with Gasteiger partial charge in [-0.3, -0.25) is 0 Å². The third-order valence-electron chi connectivity index (χ3n) is 1.29. The number of hydrogen-bond donors (Lipinski definition) is 0. The van der Waals surface area contributed by atoms with E-state index in [1.165, 1.54) is 5.56 Å². The van der Waals surface area contributed by atoms with Crippen LogP contribution in [0.4, 0.5) is 0 Å². The number of hydrogen-bond acceptors (Lipinski definition) is 2. The van der Waals surface area contributed by atoms with E-state index in [4.69, 9.17) is 4.74 Å². The Bertz CT molecular complexity index is 217. The van der Waals surface area contributed by atoms with Crippen molar-refractivity contribution in [2.45, 2.75) is 13.2 Å². The van der Waals surface area contributed by atoms with Gasteiger partial charge in [0.1, 0.15) is 18.1 Å². The molecule has 0 spiro atoms. The summed E-state index contributed by atoms with van der Waals surface area (Å²) in [6.07, 6.45) is 2.48. The molecule has 3 heteroatoms. The van der Waals surface area contributed by atoms with E-state index in [1.54, 1.807) is 11.5 Å². The summed E-state index contributed by atoms with van der Waals surface area (Å²) in [5.41, 5.74) is 1.32. The maximum Gasteiger partial charge on any atom is 0.299 e. The van der Waals surface area contributed by atoms with Crippen molar-refractivity contribution in [3.05, 3.63) is 17.1 Å². The number of aromatic nitrogens is 1. The van der Waals surface area contributed by atoms with Crippen molar-refractivity contribution in [3.8, 4) is 0 Å². The molecule has 48 valence electrons. The Morgan fingerprint density at radius 3 is 3.11 bits per heavy atom. The number of nitrogens with zero attached hydrogens (tertiary/aromatic N) is 1. The normalized spacial score (nSPS) is 24.3. The van der Waals surface area contributed by atoms with Crippen LogP contribution in [-0.4, -0.2) is 6.61 Å². The summed E-state index contributed by atoms with van der Waals surface area (Å²) < 4.78 is 7.22. The lowest BCUT2D eigenvalue weighted by atomic mass is 10.4. The molecule has 0 amide bonds. The highest BCUT2D eigenvalue weighted by Crippen LogP contribution is 2.17. The summed E-state index contributed by atoms with van der Waals surface area (Å²) in [6, 6.07) is 0. The van der Waals surface area contributed by atoms with Crippen LogP contribution in [0, 0.1) is 6.92 Å². The average molecular weight is 142 g/mol. The van der Waals surface area contributed by atoms with Crippen molar-refractivity contribution in [2.75, 3.05) is 6.61 Å². The fourth-order valence-corrected chi connectivity index (χ4v) is 1.58. The molecular weight excluding hydrogens is 134 g/mol. The monoisotopic (exact) mass is 142 g/mol. The smallest absolute Gasteiger partial charge is 0.299 e. The zero-order valence-corrected chi connectivity index (χ0v) is 6.02. The van der Waals surface area contributed by atoms with Crippen LogP contribution in [0.5, 0.6) is 0 Å². The van der Waals surface area contributed by atoms with Crippen LogP contribution in [-0.2, 0) is 4.74 Å². The Labute approximate surface area is 57.8 Å². The summed E-state index contributed by atoms with van der Waals surface area (Å²) in [4.78, 5) is 0. The zero-order valence-electron chi connectivity index (χ0n) is 5.20. The summed E-state index contributed by atoms with van der Waals surface area (Å²) in [5.74, 6) is 0. The van der Waals surface area contributed by atoms with Gasteiger partial charge in [-0.25, -0.2) is 0 Å². The highest BCUT2D eigenvalue weighted by molar-refractivity contribution is 6.99. The molecule has 1 unspecified atom stereocenters. The number of aryl methyl sites for hydroxylation is 1.